The Morgan fingerprint density at radius 2 is 2.06 bits per heavy atom. The first-order valence-corrected chi connectivity index (χ1v) is 5.39. The van der Waals surface area contributed by atoms with Gasteiger partial charge in [0, 0.05) is 17.7 Å². The average Bonchev–Trinajstić information content (AvgIpc) is 2.65. The van der Waals surface area contributed by atoms with E-state index in [0.717, 1.165) is 24.0 Å². The maximum absolute atomic E-state index is 5.77. The van der Waals surface area contributed by atoms with Crippen LogP contribution in [0.4, 0.5) is 5.69 Å². The summed E-state index contributed by atoms with van der Waals surface area (Å²) in [5.41, 5.74) is 8.46. The van der Waals surface area contributed by atoms with E-state index in [4.69, 9.17) is 10.2 Å². The molecule has 0 spiro atoms. The van der Waals surface area contributed by atoms with Gasteiger partial charge in [0.25, 0.3) is 0 Å². The number of nitrogens with zero attached hydrogens (tertiary/aromatic N) is 2. The van der Waals surface area contributed by atoms with Crippen LogP contribution < -0.4 is 5.73 Å². The van der Waals surface area contributed by atoms with E-state index in [9.17, 15) is 0 Å². The third-order valence-corrected chi connectivity index (χ3v) is 2.28. The lowest BCUT2D eigenvalue weighted by Gasteiger charge is -1.99. The van der Waals surface area contributed by atoms with Crippen molar-refractivity contribution in [2.45, 2.75) is 26.7 Å². The van der Waals surface area contributed by atoms with Gasteiger partial charge in [0.2, 0.25) is 11.8 Å². The van der Waals surface area contributed by atoms with E-state index >= 15 is 0 Å². The topological polar surface area (TPSA) is 64.9 Å². The molecule has 2 aromatic rings. The molecular weight excluding hydrogens is 202 g/mol. The second-order valence-electron chi connectivity index (χ2n) is 3.88. The van der Waals surface area contributed by atoms with Crippen molar-refractivity contribution in [3.8, 4) is 11.5 Å². The molecule has 4 heteroatoms. The van der Waals surface area contributed by atoms with Crippen LogP contribution >= 0.6 is 0 Å². The molecule has 0 saturated heterocycles. The molecule has 0 unspecified atom stereocenters. The molecule has 0 aliphatic rings. The van der Waals surface area contributed by atoms with Crippen molar-refractivity contribution in [3.05, 3.63) is 29.7 Å². The van der Waals surface area contributed by atoms with Crippen molar-refractivity contribution in [2.75, 3.05) is 5.73 Å². The number of aromatic nitrogens is 2. The van der Waals surface area contributed by atoms with Crippen LogP contribution in [0.15, 0.2) is 22.6 Å². The van der Waals surface area contributed by atoms with Crippen LogP contribution in [0.25, 0.3) is 11.5 Å². The summed E-state index contributed by atoms with van der Waals surface area (Å²) < 4.78 is 5.54. The molecule has 0 fully saturated rings. The number of rotatable bonds is 3. The molecule has 16 heavy (non-hydrogen) atoms. The van der Waals surface area contributed by atoms with Crippen molar-refractivity contribution in [1.29, 1.82) is 0 Å². The van der Waals surface area contributed by atoms with E-state index in [2.05, 4.69) is 17.1 Å². The Labute approximate surface area is 94.5 Å². The number of anilines is 1. The molecule has 0 bridgehead atoms. The van der Waals surface area contributed by atoms with Gasteiger partial charge in [-0.05, 0) is 37.1 Å². The third kappa shape index (κ3) is 2.21. The minimum atomic E-state index is 0.541. The Kier molecular flexibility index (Phi) is 2.90. The zero-order chi connectivity index (χ0) is 11.5. The number of nitrogen functional groups attached to an aromatic ring is 1. The average molecular weight is 217 g/mol. The largest absolute Gasteiger partial charge is 0.421 e. The summed E-state index contributed by atoms with van der Waals surface area (Å²) in [6.45, 7) is 4.07. The van der Waals surface area contributed by atoms with E-state index < -0.39 is 0 Å². The predicted octanol–water partition coefficient (Wildman–Crippen LogP) is 2.58. The van der Waals surface area contributed by atoms with Gasteiger partial charge in [-0.25, -0.2) is 0 Å². The fourth-order valence-electron chi connectivity index (χ4n) is 1.62. The van der Waals surface area contributed by atoms with Crippen molar-refractivity contribution in [1.82, 2.24) is 10.2 Å². The fourth-order valence-corrected chi connectivity index (χ4v) is 1.62. The molecule has 1 aromatic heterocycles. The summed E-state index contributed by atoms with van der Waals surface area (Å²) in [6, 6.07) is 5.74. The van der Waals surface area contributed by atoms with Gasteiger partial charge in [-0.15, -0.1) is 10.2 Å². The highest BCUT2D eigenvalue weighted by molar-refractivity contribution is 5.61. The van der Waals surface area contributed by atoms with Crippen LogP contribution in [0.3, 0.4) is 0 Å². The Balaban J connectivity index is 2.34. The smallest absolute Gasteiger partial charge is 0.247 e. The number of aryl methyl sites for hydroxylation is 2. The van der Waals surface area contributed by atoms with Crippen LogP contribution in [-0.4, -0.2) is 10.2 Å². The normalized spacial score (nSPS) is 10.6. The van der Waals surface area contributed by atoms with E-state index in [0.29, 0.717) is 17.5 Å². The zero-order valence-corrected chi connectivity index (χ0v) is 9.53. The number of hydrogen-bond donors (Lipinski definition) is 1. The molecule has 0 radical (unpaired) electrons. The molecule has 4 nitrogen and oxygen atoms in total. The van der Waals surface area contributed by atoms with Crippen molar-refractivity contribution < 1.29 is 4.42 Å². The van der Waals surface area contributed by atoms with Crippen LogP contribution in [0.1, 0.15) is 24.8 Å². The van der Waals surface area contributed by atoms with Crippen LogP contribution in [0.2, 0.25) is 0 Å². The molecule has 2 N–H and O–H groups in total. The number of benzene rings is 1. The Morgan fingerprint density at radius 3 is 2.75 bits per heavy atom. The van der Waals surface area contributed by atoms with Gasteiger partial charge in [-0.1, -0.05) is 6.92 Å². The highest BCUT2D eigenvalue weighted by Crippen LogP contribution is 2.22. The van der Waals surface area contributed by atoms with Gasteiger partial charge in [0.05, 0.1) is 0 Å². The van der Waals surface area contributed by atoms with Crippen molar-refractivity contribution in [2.24, 2.45) is 0 Å². The van der Waals surface area contributed by atoms with Gasteiger partial charge in [0.1, 0.15) is 0 Å². The van der Waals surface area contributed by atoms with E-state index in [1.165, 1.54) is 0 Å². The molecule has 0 aliphatic heterocycles. The number of hydrogen-bond acceptors (Lipinski definition) is 4. The first-order chi connectivity index (χ1) is 7.69. The summed E-state index contributed by atoms with van der Waals surface area (Å²) in [5, 5.41) is 8.00. The molecule has 0 saturated carbocycles. The Bertz CT molecular complexity index is 471. The standard InChI is InChI=1S/C12H15N3O/c1-3-4-11-14-15-12(16-11)9-5-8(2)6-10(13)7-9/h5-7H,3-4,13H2,1-2H3. The SMILES string of the molecule is CCCc1nnc(-c2cc(C)cc(N)c2)o1. The van der Waals surface area contributed by atoms with Crippen molar-refractivity contribution >= 4 is 5.69 Å². The highest BCUT2D eigenvalue weighted by atomic mass is 16.4. The first-order valence-electron chi connectivity index (χ1n) is 5.39. The maximum atomic E-state index is 5.77. The van der Waals surface area contributed by atoms with E-state index in [1.807, 2.05) is 25.1 Å². The monoisotopic (exact) mass is 217 g/mol. The molecule has 84 valence electrons. The summed E-state index contributed by atoms with van der Waals surface area (Å²) in [6.07, 6.45) is 1.81. The van der Waals surface area contributed by atoms with Gasteiger partial charge in [0.15, 0.2) is 0 Å². The van der Waals surface area contributed by atoms with Gasteiger partial charge in [-0.2, -0.15) is 0 Å². The fraction of sp³-hybridized carbons (Fsp3) is 0.333. The van der Waals surface area contributed by atoms with Crippen LogP contribution in [0.5, 0.6) is 0 Å². The first kappa shape index (κ1) is 10.7. The third-order valence-electron chi connectivity index (χ3n) is 2.28. The zero-order valence-electron chi connectivity index (χ0n) is 9.53. The van der Waals surface area contributed by atoms with Crippen LogP contribution in [0, 0.1) is 6.92 Å². The maximum Gasteiger partial charge on any atom is 0.247 e. The molecule has 0 aliphatic carbocycles. The molecule has 0 amide bonds. The quantitative estimate of drug-likeness (QED) is 0.802. The summed E-state index contributed by atoms with van der Waals surface area (Å²) >= 11 is 0. The second-order valence-corrected chi connectivity index (χ2v) is 3.88. The number of nitrogens with two attached hydrogens (primary N) is 1. The minimum absolute atomic E-state index is 0.541. The van der Waals surface area contributed by atoms with Gasteiger partial charge >= 0.3 is 0 Å². The molecule has 1 heterocycles. The van der Waals surface area contributed by atoms with E-state index in [-0.39, 0.29) is 0 Å². The molecule has 0 atom stereocenters. The van der Waals surface area contributed by atoms with Gasteiger partial charge in [-0.3, -0.25) is 0 Å². The molecular formula is C12H15N3O. The van der Waals surface area contributed by atoms with Crippen LogP contribution in [-0.2, 0) is 6.42 Å². The highest BCUT2D eigenvalue weighted by Gasteiger charge is 2.08. The van der Waals surface area contributed by atoms with Gasteiger partial charge < -0.3 is 10.2 Å². The molecule has 1 aromatic carbocycles. The summed E-state index contributed by atoms with van der Waals surface area (Å²) in [4.78, 5) is 0. The van der Waals surface area contributed by atoms with Crippen molar-refractivity contribution in [3.63, 3.8) is 0 Å². The lowest BCUT2D eigenvalue weighted by Crippen LogP contribution is -1.87. The summed E-state index contributed by atoms with van der Waals surface area (Å²) in [7, 11) is 0. The lowest BCUT2D eigenvalue weighted by atomic mass is 10.1. The molecule has 2 rings (SSSR count). The Morgan fingerprint density at radius 1 is 1.25 bits per heavy atom. The summed E-state index contributed by atoms with van der Waals surface area (Å²) in [5.74, 6) is 1.22. The Hall–Kier alpha value is -1.84. The lowest BCUT2D eigenvalue weighted by molar-refractivity contribution is 0.502. The predicted molar refractivity (Wildman–Crippen MR) is 62.9 cm³/mol. The minimum Gasteiger partial charge on any atom is -0.421 e. The van der Waals surface area contributed by atoms with E-state index in [1.54, 1.807) is 0 Å². The second kappa shape index (κ2) is 4.35.